The zero-order valence-electron chi connectivity index (χ0n) is 15.7. The van der Waals surface area contributed by atoms with E-state index in [0.29, 0.717) is 10.8 Å². The molecule has 1 aromatic rings. The first kappa shape index (κ1) is 21.2. The van der Waals surface area contributed by atoms with Gasteiger partial charge in [-0.3, -0.25) is 9.59 Å². The largest absolute Gasteiger partial charge is 0.418 e. The molecule has 0 bridgehead atoms. The van der Waals surface area contributed by atoms with Crippen LogP contribution < -0.4 is 15.5 Å². The van der Waals surface area contributed by atoms with E-state index in [2.05, 4.69) is 17.6 Å². The van der Waals surface area contributed by atoms with Gasteiger partial charge in [-0.05, 0) is 30.9 Å². The van der Waals surface area contributed by atoms with E-state index in [0.717, 1.165) is 25.3 Å². The Labute approximate surface area is 157 Å². The molecule has 1 aliphatic rings. The summed E-state index contributed by atoms with van der Waals surface area (Å²) < 4.78 is 38.9. The summed E-state index contributed by atoms with van der Waals surface area (Å²) in [5.41, 5.74) is -1.16. The maximum Gasteiger partial charge on any atom is 0.418 e. The lowest BCUT2D eigenvalue weighted by Crippen LogP contribution is -3.11. The summed E-state index contributed by atoms with van der Waals surface area (Å²) in [4.78, 5) is 24.9. The van der Waals surface area contributed by atoms with Gasteiger partial charge in [0.15, 0.2) is 13.1 Å². The number of carbonyl (C=O) groups is 2. The molecule has 150 valence electrons. The van der Waals surface area contributed by atoms with Gasteiger partial charge in [-0.2, -0.15) is 13.2 Å². The summed E-state index contributed by atoms with van der Waals surface area (Å²) in [5, 5.41) is 5.31. The zero-order chi connectivity index (χ0) is 20.0. The lowest BCUT2D eigenvalue weighted by molar-refractivity contribution is -0.862. The Hall–Kier alpha value is -2.09. The van der Waals surface area contributed by atoms with Gasteiger partial charge in [-0.25, -0.2) is 0 Å². The molecule has 0 spiro atoms. The second-order valence-electron chi connectivity index (χ2n) is 7.34. The van der Waals surface area contributed by atoms with Crippen molar-refractivity contribution in [1.82, 2.24) is 5.32 Å². The van der Waals surface area contributed by atoms with Crippen molar-refractivity contribution in [3.05, 3.63) is 29.8 Å². The fourth-order valence-corrected chi connectivity index (χ4v) is 3.43. The van der Waals surface area contributed by atoms with Crippen molar-refractivity contribution in [3.8, 4) is 0 Å². The van der Waals surface area contributed by atoms with Crippen molar-refractivity contribution < 1.29 is 27.7 Å². The number of likely N-dealkylation sites (N-methyl/N-ethyl adjacent to an activating group) is 1. The monoisotopic (exact) mass is 386 g/mol. The Balaban J connectivity index is 1.84. The standard InChI is InChI=1S/C19H26F3N3O2/c1-13-7-3-5-9-15(13)23-17(26)11-25(2)12-18(27)24-16-10-6-4-8-14(16)19(20,21)22/h4,6,8,10,13,15H,3,5,7,9,11-12H2,1-2H3,(H,23,26)(H,24,27)/p+1/t13-,15-/m1/s1. The van der Waals surface area contributed by atoms with Crippen molar-refractivity contribution in [2.45, 2.75) is 44.8 Å². The molecule has 1 aliphatic carbocycles. The first-order valence-corrected chi connectivity index (χ1v) is 9.23. The summed E-state index contributed by atoms with van der Waals surface area (Å²) in [6.45, 7) is 2.11. The molecule has 1 saturated carbocycles. The summed E-state index contributed by atoms with van der Waals surface area (Å²) in [7, 11) is 1.67. The molecule has 0 aromatic heterocycles. The van der Waals surface area contributed by atoms with Crippen LogP contribution in [0.1, 0.15) is 38.2 Å². The number of carbonyl (C=O) groups excluding carboxylic acids is 2. The lowest BCUT2D eigenvalue weighted by Gasteiger charge is -2.29. The van der Waals surface area contributed by atoms with E-state index in [-0.39, 0.29) is 30.7 Å². The fourth-order valence-electron chi connectivity index (χ4n) is 3.43. The molecule has 2 rings (SSSR count). The number of benzene rings is 1. The molecule has 0 heterocycles. The summed E-state index contributed by atoms with van der Waals surface area (Å²) in [5.74, 6) is -0.275. The molecule has 5 nitrogen and oxygen atoms in total. The number of quaternary nitrogens is 1. The molecule has 3 atom stereocenters. The van der Waals surface area contributed by atoms with Crippen LogP contribution in [-0.4, -0.2) is 38.0 Å². The van der Waals surface area contributed by atoms with Crippen LogP contribution in [0.5, 0.6) is 0 Å². The van der Waals surface area contributed by atoms with Gasteiger partial charge < -0.3 is 15.5 Å². The smallest absolute Gasteiger partial charge is 0.348 e. The molecule has 27 heavy (non-hydrogen) atoms. The third kappa shape index (κ3) is 6.53. The third-order valence-electron chi connectivity index (χ3n) is 4.89. The van der Waals surface area contributed by atoms with Crippen LogP contribution in [0.2, 0.25) is 0 Å². The van der Waals surface area contributed by atoms with Crippen molar-refractivity contribution in [3.63, 3.8) is 0 Å². The highest BCUT2D eigenvalue weighted by atomic mass is 19.4. The molecule has 8 heteroatoms. The Bertz CT molecular complexity index is 664. The van der Waals surface area contributed by atoms with E-state index < -0.39 is 17.6 Å². The fraction of sp³-hybridized carbons (Fsp3) is 0.579. The second-order valence-corrected chi connectivity index (χ2v) is 7.34. The number of hydrogen-bond donors (Lipinski definition) is 3. The van der Waals surface area contributed by atoms with E-state index in [1.165, 1.54) is 24.6 Å². The predicted molar refractivity (Wildman–Crippen MR) is 96.3 cm³/mol. The number of halogens is 3. The number of nitrogens with one attached hydrogen (secondary N) is 3. The van der Waals surface area contributed by atoms with Crippen molar-refractivity contribution in [2.75, 3.05) is 25.5 Å². The number of rotatable bonds is 6. The third-order valence-corrected chi connectivity index (χ3v) is 4.89. The van der Waals surface area contributed by atoms with E-state index in [4.69, 9.17) is 0 Å². The highest BCUT2D eigenvalue weighted by Gasteiger charge is 2.33. The molecule has 3 N–H and O–H groups in total. The average molecular weight is 386 g/mol. The van der Waals surface area contributed by atoms with Crippen LogP contribution >= 0.6 is 0 Å². The first-order valence-electron chi connectivity index (χ1n) is 9.23. The molecule has 2 amide bonds. The van der Waals surface area contributed by atoms with E-state index in [1.54, 1.807) is 7.05 Å². The minimum Gasteiger partial charge on any atom is -0.348 e. The SMILES string of the molecule is C[C@@H]1CCCC[C@H]1NC(=O)C[NH+](C)CC(=O)Nc1ccccc1C(F)(F)F. The van der Waals surface area contributed by atoms with E-state index >= 15 is 0 Å². The van der Waals surface area contributed by atoms with Crippen LogP contribution in [0, 0.1) is 5.92 Å². The van der Waals surface area contributed by atoms with Crippen LogP contribution in [0.3, 0.4) is 0 Å². The Morgan fingerprint density at radius 2 is 1.74 bits per heavy atom. The number of para-hydroxylation sites is 1. The van der Waals surface area contributed by atoms with Crippen molar-refractivity contribution in [1.29, 1.82) is 0 Å². The highest BCUT2D eigenvalue weighted by molar-refractivity contribution is 5.92. The van der Waals surface area contributed by atoms with Crippen LogP contribution in [-0.2, 0) is 15.8 Å². The summed E-state index contributed by atoms with van der Waals surface area (Å²) in [6.07, 6.45) is -0.216. The Kier molecular flexibility index (Phi) is 7.24. The first-order chi connectivity index (χ1) is 12.7. The second kappa shape index (κ2) is 9.21. The molecule has 0 radical (unpaired) electrons. The van der Waals surface area contributed by atoms with Gasteiger partial charge in [-0.1, -0.05) is 31.9 Å². The predicted octanol–water partition coefficient (Wildman–Crippen LogP) is 1.85. The molecular weight excluding hydrogens is 359 g/mol. The number of alkyl halides is 3. The van der Waals surface area contributed by atoms with Gasteiger partial charge in [-0.15, -0.1) is 0 Å². The van der Waals surface area contributed by atoms with E-state index in [9.17, 15) is 22.8 Å². The molecular formula is C19H27F3N3O2+. The topological polar surface area (TPSA) is 62.6 Å². The quantitative estimate of drug-likeness (QED) is 0.699. The maximum atomic E-state index is 13.0. The molecule has 1 fully saturated rings. The lowest BCUT2D eigenvalue weighted by atomic mass is 9.86. The number of amides is 2. The van der Waals surface area contributed by atoms with Gasteiger partial charge in [0.2, 0.25) is 0 Å². The normalized spacial score (nSPS) is 21.4. The zero-order valence-corrected chi connectivity index (χ0v) is 15.7. The van der Waals surface area contributed by atoms with Crippen LogP contribution in [0.25, 0.3) is 0 Å². The highest BCUT2D eigenvalue weighted by Crippen LogP contribution is 2.34. The van der Waals surface area contributed by atoms with Gasteiger partial charge in [0.25, 0.3) is 11.8 Å². The van der Waals surface area contributed by atoms with Crippen molar-refractivity contribution in [2.24, 2.45) is 5.92 Å². The molecule has 0 aliphatic heterocycles. The van der Waals surface area contributed by atoms with Crippen LogP contribution in [0.15, 0.2) is 24.3 Å². The van der Waals surface area contributed by atoms with Gasteiger partial charge >= 0.3 is 6.18 Å². The van der Waals surface area contributed by atoms with Crippen LogP contribution in [0.4, 0.5) is 18.9 Å². The van der Waals surface area contributed by atoms with Gasteiger partial charge in [0.1, 0.15) is 0 Å². The summed E-state index contributed by atoms with van der Waals surface area (Å²) in [6, 6.07) is 5.00. The van der Waals surface area contributed by atoms with Gasteiger partial charge in [0, 0.05) is 6.04 Å². The minimum absolute atomic E-state index is 0.0948. The Morgan fingerprint density at radius 3 is 2.41 bits per heavy atom. The molecule has 1 aromatic carbocycles. The summed E-state index contributed by atoms with van der Waals surface area (Å²) >= 11 is 0. The average Bonchev–Trinajstić information content (AvgIpc) is 2.56. The van der Waals surface area contributed by atoms with Crippen molar-refractivity contribution >= 4 is 17.5 Å². The number of hydrogen-bond acceptors (Lipinski definition) is 2. The van der Waals surface area contributed by atoms with Gasteiger partial charge in [0.05, 0.1) is 18.3 Å². The molecule has 0 saturated heterocycles. The Morgan fingerprint density at radius 1 is 1.11 bits per heavy atom. The van der Waals surface area contributed by atoms with E-state index in [1.807, 2.05) is 0 Å². The maximum absolute atomic E-state index is 13.0. The number of anilines is 1. The molecule has 1 unspecified atom stereocenters. The minimum atomic E-state index is -4.54.